The van der Waals surface area contributed by atoms with Crippen molar-refractivity contribution in [3.8, 4) is 17.2 Å². The highest BCUT2D eigenvalue weighted by Crippen LogP contribution is 2.53. The zero-order valence-electron chi connectivity index (χ0n) is 22.9. The van der Waals surface area contributed by atoms with Crippen LogP contribution in [0.25, 0.3) is 6.08 Å². The van der Waals surface area contributed by atoms with Crippen molar-refractivity contribution < 1.29 is 14.9 Å². The van der Waals surface area contributed by atoms with Crippen LogP contribution in [0.2, 0.25) is 0 Å². The lowest BCUT2D eigenvalue weighted by atomic mass is 9.92. The van der Waals surface area contributed by atoms with Crippen LogP contribution in [0.1, 0.15) is 70.7 Å². The molecule has 6 rings (SSSR count). The number of aromatic hydroxyl groups is 2. The zero-order chi connectivity index (χ0) is 27.1. The van der Waals surface area contributed by atoms with Crippen molar-refractivity contribution in [1.29, 1.82) is 0 Å². The predicted molar refractivity (Wildman–Crippen MR) is 158 cm³/mol. The fourth-order valence-corrected chi connectivity index (χ4v) is 5.99. The number of hydrogen-bond acceptors (Lipinski definition) is 3. The fourth-order valence-electron chi connectivity index (χ4n) is 5.99. The largest absolute Gasteiger partial charge is 0.504 e. The van der Waals surface area contributed by atoms with Crippen LogP contribution in [0, 0.1) is 12.8 Å². The molecule has 0 heterocycles. The summed E-state index contributed by atoms with van der Waals surface area (Å²) in [6.07, 6.45) is 7.81. The summed E-state index contributed by atoms with van der Waals surface area (Å²) in [6.45, 7) is 6.25. The SMILES string of the molecule is Cc1c(Cc2ccccc2)cc(Cc2ccc(OC34C=Cc5ccccc5CC3C4)c(C(C)C)c2)c(O)c1O. The Kier molecular flexibility index (Phi) is 6.46. The quantitative estimate of drug-likeness (QED) is 0.244. The number of rotatable bonds is 7. The average molecular weight is 517 g/mol. The molecule has 2 atom stereocenters. The Morgan fingerprint density at radius 1 is 0.846 bits per heavy atom. The molecule has 2 unspecified atom stereocenters. The minimum atomic E-state index is -0.239. The van der Waals surface area contributed by atoms with E-state index in [9.17, 15) is 10.2 Å². The molecule has 0 aliphatic heterocycles. The van der Waals surface area contributed by atoms with Gasteiger partial charge in [0.25, 0.3) is 0 Å². The molecule has 2 N–H and O–H groups in total. The first-order valence-corrected chi connectivity index (χ1v) is 14.0. The van der Waals surface area contributed by atoms with Crippen molar-refractivity contribution in [3.05, 3.63) is 129 Å². The van der Waals surface area contributed by atoms with Gasteiger partial charge in [0.2, 0.25) is 0 Å². The summed E-state index contributed by atoms with van der Waals surface area (Å²) < 4.78 is 6.79. The van der Waals surface area contributed by atoms with E-state index in [1.165, 1.54) is 22.3 Å². The first-order chi connectivity index (χ1) is 18.8. The third kappa shape index (κ3) is 4.94. The van der Waals surface area contributed by atoms with Gasteiger partial charge in [-0.1, -0.05) is 92.7 Å². The van der Waals surface area contributed by atoms with Crippen molar-refractivity contribution in [2.75, 3.05) is 0 Å². The van der Waals surface area contributed by atoms with E-state index in [0.717, 1.165) is 40.8 Å². The van der Waals surface area contributed by atoms with Crippen LogP contribution in [0.4, 0.5) is 0 Å². The predicted octanol–water partition coefficient (Wildman–Crippen LogP) is 8.12. The average Bonchev–Trinajstić information content (AvgIpc) is 3.64. The highest BCUT2D eigenvalue weighted by atomic mass is 16.5. The second-order valence-corrected chi connectivity index (χ2v) is 11.6. The molecule has 0 radical (unpaired) electrons. The van der Waals surface area contributed by atoms with Gasteiger partial charge in [-0.15, -0.1) is 0 Å². The van der Waals surface area contributed by atoms with Gasteiger partial charge in [-0.3, -0.25) is 0 Å². The van der Waals surface area contributed by atoms with Crippen molar-refractivity contribution in [2.24, 2.45) is 5.92 Å². The molecule has 0 spiro atoms. The molecule has 0 bridgehead atoms. The van der Waals surface area contributed by atoms with Crippen LogP contribution >= 0.6 is 0 Å². The molecule has 1 saturated carbocycles. The molecule has 4 aromatic carbocycles. The van der Waals surface area contributed by atoms with E-state index >= 15 is 0 Å². The van der Waals surface area contributed by atoms with E-state index in [4.69, 9.17) is 4.74 Å². The van der Waals surface area contributed by atoms with Gasteiger partial charge < -0.3 is 14.9 Å². The standard InChI is InChI=1S/C36H36O3/c1-23(2)32-19-26(18-30-20-29(24(3)34(37)35(30)38)17-25-9-5-4-6-10-25)13-14-33(32)39-36-16-15-27-11-7-8-12-28(27)21-31(36)22-36/h4-16,19-20,23,31,37-38H,17-18,21-22H2,1-3H3. The molecule has 0 saturated heterocycles. The highest BCUT2D eigenvalue weighted by Gasteiger charge is 2.55. The van der Waals surface area contributed by atoms with Gasteiger partial charge in [0, 0.05) is 17.9 Å². The first kappa shape index (κ1) is 25.3. The Balaban J connectivity index is 1.26. The monoisotopic (exact) mass is 516 g/mol. The summed E-state index contributed by atoms with van der Waals surface area (Å²) in [6, 6.07) is 27.3. The summed E-state index contributed by atoms with van der Waals surface area (Å²) in [5.41, 5.74) is 8.36. The Labute approximate surface area is 231 Å². The Morgan fingerprint density at radius 2 is 1.59 bits per heavy atom. The van der Waals surface area contributed by atoms with Gasteiger partial charge in [-0.2, -0.15) is 0 Å². The molecule has 198 valence electrons. The maximum Gasteiger partial charge on any atom is 0.161 e. The topological polar surface area (TPSA) is 49.7 Å². The number of fused-ring (bicyclic) bond motifs is 2. The van der Waals surface area contributed by atoms with Gasteiger partial charge in [-0.25, -0.2) is 0 Å². The van der Waals surface area contributed by atoms with E-state index in [2.05, 4.69) is 80.6 Å². The Bertz CT molecular complexity index is 1550. The number of ether oxygens (including phenoxy) is 1. The van der Waals surface area contributed by atoms with Gasteiger partial charge in [-0.05, 0) is 83.2 Å². The van der Waals surface area contributed by atoms with Crippen LogP contribution in [0.3, 0.4) is 0 Å². The van der Waals surface area contributed by atoms with E-state index in [1.54, 1.807) is 0 Å². The fraction of sp³-hybridized carbons (Fsp3) is 0.278. The molecule has 2 aliphatic rings. The van der Waals surface area contributed by atoms with Crippen molar-refractivity contribution in [2.45, 2.75) is 58.0 Å². The number of phenols is 2. The second-order valence-electron chi connectivity index (χ2n) is 11.6. The smallest absolute Gasteiger partial charge is 0.161 e. The van der Waals surface area contributed by atoms with Crippen LogP contribution in [-0.4, -0.2) is 15.8 Å². The molecule has 2 aliphatic carbocycles. The summed E-state index contributed by atoms with van der Waals surface area (Å²) in [5, 5.41) is 21.6. The number of benzene rings is 4. The summed E-state index contributed by atoms with van der Waals surface area (Å²) in [4.78, 5) is 0. The van der Waals surface area contributed by atoms with Crippen molar-refractivity contribution in [3.63, 3.8) is 0 Å². The van der Waals surface area contributed by atoms with Crippen LogP contribution in [0.5, 0.6) is 17.2 Å². The Hall–Kier alpha value is -3.98. The third-order valence-corrected chi connectivity index (χ3v) is 8.50. The van der Waals surface area contributed by atoms with Gasteiger partial charge in [0.15, 0.2) is 11.5 Å². The number of phenolic OH excluding ortho intramolecular Hbond substituents is 2. The van der Waals surface area contributed by atoms with E-state index < -0.39 is 0 Å². The molecule has 4 aromatic rings. The summed E-state index contributed by atoms with van der Waals surface area (Å²) in [5.74, 6) is 1.66. The molecule has 3 heteroatoms. The lowest BCUT2D eigenvalue weighted by Crippen LogP contribution is -2.19. The van der Waals surface area contributed by atoms with E-state index in [1.807, 2.05) is 31.2 Å². The number of hydrogen-bond donors (Lipinski definition) is 2. The van der Waals surface area contributed by atoms with Crippen LogP contribution in [-0.2, 0) is 19.3 Å². The third-order valence-electron chi connectivity index (χ3n) is 8.50. The molecule has 3 nitrogen and oxygen atoms in total. The van der Waals surface area contributed by atoms with Crippen molar-refractivity contribution in [1.82, 2.24) is 0 Å². The molecule has 0 aromatic heterocycles. The highest BCUT2D eigenvalue weighted by molar-refractivity contribution is 5.59. The van der Waals surface area contributed by atoms with E-state index in [-0.39, 0.29) is 23.0 Å². The Morgan fingerprint density at radius 3 is 2.38 bits per heavy atom. The summed E-state index contributed by atoms with van der Waals surface area (Å²) in [7, 11) is 0. The van der Waals surface area contributed by atoms with Crippen LogP contribution in [0.15, 0.2) is 84.9 Å². The normalized spacial score (nSPS) is 19.3. The maximum atomic E-state index is 10.8. The second kappa shape index (κ2) is 9.96. The zero-order valence-corrected chi connectivity index (χ0v) is 22.9. The van der Waals surface area contributed by atoms with Gasteiger partial charge in [0.1, 0.15) is 11.4 Å². The summed E-state index contributed by atoms with van der Waals surface area (Å²) >= 11 is 0. The lowest BCUT2D eigenvalue weighted by Gasteiger charge is -2.21. The van der Waals surface area contributed by atoms with Crippen LogP contribution < -0.4 is 4.74 Å². The van der Waals surface area contributed by atoms with Gasteiger partial charge in [0.05, 0.1) is 0 Å². The molecule has 1 fully saturated rings. The molecule has 0 amide bonds. The van der Waals surface area contributed by atoms with Gasteiger partial charge >= 0.3 is 0 Å². The van der Waals surface area contributed by atoms with Crippen molar-refractivity contribution >= 4 is 6.08 Å². The van der Waals surface area contributed by atoms with E-state index in [0.29, 0.717) is 18.8 Å². The molecular weight excluding hydrogens is 480 g/mol. The molecular formula is C36H36O3. The minimum absolute atomic E-state index is 0.0255. The maximum absolute atomic E-state index is 10.8. The minimum Gasteiger partial charge on any atom is -0.504 e. The first-order valence-electron chi connectivity index (χ1n) is 14.0. The molecule has 39 heavy (non-hydrogen) atoms. The lowest BCUT2D eigenvalue weighted by molar-refractivity contribution is 0.208.